The van der Waals surface area contributed by atoms with E-state index in [1.807, 2.05) is 0 Å². The maximum atomic E-state index is 5.70. The van der Waals surface area contributed by atoms with Gasteiger partial charge in [0.25, 0.3) is 0 Å². The van der Waals surface area contributed by atoms with Crippen molar-refractivity contribution in [2.45, 2.75) is 64.5 Å². The lowest BCUT2D eigenvalue weighted by atomic mass is 10.1. The Morgan fingerprint density at radius 1 is 1.26 bits per heavy atom. The van der Waals surface area contributed by atoms with Gasteiger partial charge in [-0.1, -0.05) is 13.8 Å². The molecule has 3 heteroatoms. The van der Waals surface area contributed by atoms with E-state index in [-0.39, 0.29) is 0 Å². The summed E-state index contributed by atoms with van der Waals surface area (Å²) in [5.41, 5.74) is 0. The molecule has 2 aliphatic heterocycles. The summed E-state index contributed by atoms with van der Waals surface area (Å²) in [6.45, 7) is 10.5. The molecule has 0 aromatic carbocycles. The van der Waals surface area contributed by atoms with Crippen molar-refractivity contribution in [2.75, 3.05) is 32.8 Å². The van der Waals surface area contributed by atoms with Crippen LogP contribution in [0.5, 0.6) is 0 Å². The van der Waals surface area contributed by atoms with Gasteiger partial charge in [0, 0.05) is 19.2 Å². The molecule has 3 nitrogen and oxygen atoms in total. The quantitative estimate of drug-likeness (QED) is 0.732. The molecule has 0 aromatic rings. The second-order valence-electron chi connectivity index (χ2n) is 6.66. The minimum atomic E-state index is 0.570. The fourth-order valence-corrected chi connectivity index (χ4v) is 3.35. The van der Waals surface area contributed by atoms with Crippen molar-refractivity contribution in [1.29, 1.82) is 0 Å². The Labute approximate surface area is 119 Å². The van der Waals surface area contributed by atoms with E-state index in [9.17, 15) is 0 Å². The zero-order valence-corrected chi connectivity index (χ0v) is 12.9. The number of ether oxygens (including phenoxy) is 1. The van der Waals surface area contributed by atoms with Crippen molar-refractivity contribution in [3.63, 3.8) is 0 Å². The van der Waals surface area contributed by atoms with Crippen LogP contribution in [0.3, 0.4) is 0 Å². The van der Waals surface area contributed by atoms with E-state index in [0.29, 0.717) is 6.10 Å². The summed E-state index contributed by atoms with van der Waals surface area (Å²) in [6.07, 6.45) is 8.47. The van der Waals surface area contributed by atoms with Crippen molar-refractivity contribution in [2.24, 2.45) is 5.92 Å². The third-order valence-electron chi connectivity index (χ3n) is 4.43. The van der Waals surface area contributed by atoms with Crippen LogP contribution in [0.2, 0.25) is 0 Å². The second kappa shape index (κ2) is 8.23. The Hall–Kier alpha value is -0.120. The number of nitrogens with one attached hydrogen (secondary N) is 1. The highest BCUT2D eigenvalue weighted by Crippen LogP contribution is 2.20. The standard InChI is InChI=1S/C16H32N2O/c1-14(2)12-17-13-15-6-3-9-18(15)10-4-7-16-8-5-11-19-16/h14-17H,3-13H2,1-2H3. The molecule has 2 atom stereocenters. The van der Waals surface area contributed by atoms with Gasteiger partial charge < -0.3 is 10.1 Å². The smallest absolute Gasteiger partial charge is 0.0576 e. The van der Waals surface area contributed by atoms with E-state index in [1.54, 1.807) is 0 Å². The van der Waals surface area contributed by atoms with Crippen LogP contribution in [-0.2, 0) is 4.74 Å². The molecule has 0 aromatic heterocycles. The van der Waals surface area contributed by atoms with Gasteiger partial charge in [-0.3, -0.25) is 4.90 Å². The Balaban J connectivity index is 1.58. The van der Waals surface area contributed by atoms with Crippen LogP contribution in [0.15, 0.2) is 0 Å². The van der Waals surface area contributed by atoms with E-state index in [2.05, 4.69) is 24.1 Å². The number of hydrogen-bond acceptors (Lipinski definition) is 3. The van der Waals surface area contributed by atoms with Crippen LogP contribution in [0.25, 0.3) is 0 Å². The van der Waals surface area contributed by atoms with E-state index in [1.165, 1.54) is 58.2 Å². The zero-order valence-electron chi connectivity index (χ0n) is 12.9. The predicted molar refractivity (Wildman–Crippen MR) is 80.5 cm³/mol. The Morgan fingerprint density at radius 3 is 2.89 bits per heavy atom. The molecule has 0 bridgehead atoms. The van der Waals surface area contributed by atoms with Crippen molar-refractivity contribution in [3.8, 4) is 0 Å². The van der Waals surface area contributed by atoms with Crippen molar-refractivity contribution < 1.29 is 4.74 Å². The highest BCUT2D eigenvalue weighted by Gasteiger charge is 2.24. The van der Waals surface area contributed by atoms with Crippen molar-refractivity contribution >= 4 is 0 Å². The summed E-state index contributed by atoms with van der Waals surface area (Å²) in [5.74, 6) is 0.759. The summed E-state index contributed by atoms with van der Waals surface area (Å²) in [6, 6.07) is 0.781. The molecule has 112 valence electrons. The average molecular weight is 268 g/mol. The largest absolute Gasteiger partial charge is 0.378 e. The second-order valence-corrected chi connectivity index (χ2v) is 6.66. The first kappa shape index (κ1) is 15.3. The van der Waals surface area contributed by atoms with Crippen LogP contribution in [-0.4, -0.2) is 49.8 Å². The normalized spacial score (nSPS) is 28.6. The summed E-state index contributed by atoms with van der Waals surface area (Å²) < 4.78 is 5.70. The first-order valence-electron chi connectivity index (χ1n) is 8.32. The van der Waals surface area contributed by atoms with E-state index < -0.39 is 0 Å². The highest BCUT2D eigenvalue weighted by atomic mass is 16.5. The molecular formula is C16H32N2O. The summed E-state index contributed by atoms with van der Waals surface area (Å²) in [7, 11) is 0. The lowest BCUT2D eigenvalue weighted by molar-refractivity contribution is 0.0980. The maximum Gasteiger partial charge on any atom is 0.0576 e. The van der Waals surface area contributed by atoms with Crippen LogP contribution in [0.4, 0.5) is 0 Å². The number of rotatable bonds is 8. The molecule has 0 aliphatic carbocycles. The number of hydrogen-bond donors (Lipinski definition) is 1. The minimum absolute atomic E-state index is 0.570. The van der Waals surface area contributed by atoms with Crippen molar-refractivity contribution in [1.82, 2.24) is 10.2 Å². The SMILES string of the molecule is CC(C)CNCC1CCCN1CCCC1CCCO1. The Morgan fingerprint density at radius 2 is 2.16 bits per heavy atom. The maximum absolute atomic E-state index is 5.70. The van der Waals surface area contributed by atoms with Gasteiger partial charge in [0.1, 0.15) is 0 Å². The molecule has 2 aliphatic rings. The van der Waals surface area contributed by atoms with Crippen LogP contribution in [0, 0.1) is 5.92 Å². The van der Waals surface area contributed by atoms with Crippen LogP contribution >= 0.6 is 0 Å². The molecule has 2 unspecified atom stereocenters. The Bertz CT molecular complexity index is 239. The van der Waals surface area contributed by atoms with E-state index >= 15 is 0 Å². The summed E-state index contributed by atoms with van der Waals surface area (Å²) >= 11 is 0. The Kier molecular flexibility index (Phi) is 6.62. The molecule has 0 spiro atoms. The third-order valence-corrected chi connectivity index (χ3v) is 4.43. The van der Waals surface area contributed by atoms with Gasteiger partial charge >= 0.3 is 0 Å². The zero-order chi connectivity index (χ0) is 13.5. The molecule has 2 rings (SSSR count). The minimum Gasteiger partial charge on any atom is -0.378 e. The van der Waals surface area contributed by atoms with Gasteiger partial charge in [0.2, 0.25) is 0 Å². The molecule has 2 fully saturated rings. The van der Waals surface area contributed by atoms with Gasteiger partial charge in [-0.05, 0) is 64.1 Å². The predicted octanol–water partition coefficient (Wildman–Crippen LogP) is 2.66. The van der Waals surface area contributed by atoms with Crippen LogP contribution in [0.1, 0.15) is 52.4 Å². The molecular weight excluding hydrogens is 236 g/mol. The van der Waals surface area contributed by atoms with E-state index in [0.717, 1.165) is 25.1 Å². The summed E-state index contributed by atoms with van der Waals surface area (Å²) in [4.78, 5) is 2.70. The van der Waals surface area contributed by atoms with Gasteiger partial charge in [0.05, 0.1) is 6.10 Å². The average Bonchev–Trinajstić information content (AvgIpc) is 3.01. The number of nitrogens with zero attached hydrogens (tertiary/aromatic N) is 1. The molecule has 0 amide bonds. The van der Waals surface area contributed by atoms with Gasteiger partial charge in [0.15, 0.2) is 0 Å². The van der Waals surface area contributed by atoms with Crippen molar-refractivity contribution in [3.05, 3.63) is 0 Å². The molecule has 0 radical (unpaired) electrons. The molecule has 2 saturated heterocycles. The first-order valence-corrected chi connectivity index (χ1v) is 8.32. The third kappa shape index (κ3) is 5.41. The molecule has 0 saturated carbocycles. The van der Waals surface area contributed by atoms with Gasteiger partial charge in [-0.2, -0.15) is 0 Å². The van der Waals surface area contributed by atoms with Gasteiger partial charge in [-0.15, -0.1) is 0 Å². The monoisotopic (exact) mass is 268 g/mol. The van der Waals surface area contributed by atoms with Crippen LogP contribution < -0.4 is 5.32 Å². The highest BCUT2D eigenvalue weighted by molar-refractivity contribution is 4.81. The lowest BCUT2D eigenvalue weighted by Crippen LogP contribution is -2.39. The molecule has 19 heavy (non-hydrogen) atoms. The first-order chi connectivity index (χ1) is 9.25. The fraction of sp³-hybridized carbons (Fsp3) is 1.00. The van der Waals surface area contributed by atoms with E-state index in [4.69, 9.17) is 4.74 Å². The topological polar surface area (TPSA) is 24.5 Å². The lowest BCUT2D eigenvalue weighted by Gasteiger charge is -2.25. The number of likely N-dealkylation sites (tertiary alicyclic amines) is 1. The summed E-state index contributed by atoms with van der Waals surface area (Å²) in [5, 5.41) is 3.62. The fourth-order valence-electron chi connectivity index (χ4n) is 3.35. The molecule has 1 N–H and O–H groups in total. The van der Waals surface area contributed by atoms with Gasteiger partial charge in [-0.25, -0.2) is 0 Å². The molecule has 2 heterocycles.